The third-order valence-corrected chi connectivity index (χ3v) is 4.29. The van der Waals surface area contributed by atoms with Crippen molar-refractivity contribution in [1.29, 1.82) is 0 Å². The van der Waals surface area contributed by atoms with Crippen molar-refractivity contribution < 1.29 is 9.90 Å². The number of carbonyl (C=O) groups is 1. The number of rotatable bonds is 6. The van der Waals surface area contributed by atoms with E-state index < -0.39 is 0 Å². The number of benzene rings is 1. The van der Waals surface area contributed by atoms with E-state index in [0.717, 1.165) is 12.8 Å². The Morgan fingerprint density at radius 2 is 2.29 bits per heavy atom. The molecule has 2 rings (SSSR count). The lowest BCUT2D eigenvalue weighted by Gasteiger charge is -2.40. The van der Waals surface area contributed by atoms with Crippen molar-refractivity contribution in [3.05, 3.63) is 23.2 Å². The van der Waals surface area contributed by atoms with Crippen LogP contribution in [0.4, 0.5) is 11.4 Å². The first kappa shape index (κ1) is 16.1. The summed E-state index contributed by atoms with van der Waals surface area (Å²) in [5.74, 6) is -0.135. The summed E-state index contributed by atoms with van der Waals surface area (Å²) in [6.07, 6.45) is 3.34. The fourth-order valence-corrected chi connectivity index (χ4v) is 2.72. The molecule has 1 fully saturated rings. The quantitative estimate of drug-likeness (QED) is 0.703. The average Bonchev–Trinajstić information content (AvgIpc) is 2.39. The molecule has 1 atom stereocenters. The first-order valence-corrected chi connectivity index (χ1v) is 7.63. The van der Waals surface area contributed by atoms with E-state index in [0.29, 0.717) is 29.0 Å². The summed E-state index contributed by atoms with van der Waals surface area (Å²) in [6.45, 7) is 2.40. The second-order valence-corrected chi connectivity index (χ2v) is 5.88. The summed E-state index contributed by atoms with van der Waals surface area (Å²) in [7, 11) is 0. The largest absolute Gasteiger partial charge is 0.397 e. The van der Waals surface area contributed by atoms with E-state index in [4.69, 9.17) is 17.3 Å². The molecule has 0 radical (unpaired) electrons. The highest BCUT2D eigenvalue weighted by molar-refractivity contribution is 6.31. The maximum Gasteiger partial charge on any atom is 0.241 e. The highest BCUT2D eigenvalue weighted by Gasteiger charge is 2.31. The van der Waals surface area contributed by atoms with Crippen LogP contribution in [0.15, 0.2) is 18.2 Å². The number of nitrogens with one attached hydrogen (secondary N) is 1. The van der Waals surface area contributed by atoms with E-state index in [1.54, 1.807) is 18.2 Å². The van der Waals surface area contributed by atoms with E-state index in [9.17, 15) is 9.90 Å². The Kier molecular flexibility index (Phi) is 5.45. The predicted octanol–water partition coefficient (Wildman–Crippen LogP) is 2.10. The van der Waals surface area contributed by atoms with Gasteiger partial charge in [0.25, 0.3) is 0 Å². The summed E-state index contributed by atoms with van der Waals surface area (Å²) in [6, 6.07) is 5.05. The maximum absolute atomic E-state index is 12.4. The van der Waals surface area contributed by atoms with E-state index in [2.05, 4.69) is 10.2 Å². The van der Waals surface area contributed by atoms with Gasteiger partial charge >= 0.3 is 0 Å². The smallest absolute Gasteiger partial charge is 0.241 e. The van der Waals surface area contributed by atoms with Crippen molar-refractivity contribution in [3.8, 4) is 0 Å². The van der Waals surface area contributed by atoms with Crippen LogP contribution in [0.1, 0.15) is 26.2 Å². The number of hydrogen-bond donors (Lipinski definition) is 3. The average molecular weight is 312 g/mol. The molecule has 6 heteroatoms. The molecule has 0 heterocycles. The van der Waals surface area contributed by atoms with Crippen LogP contribution in [0.2, 0.25) is 5.02 Å². The molecule has 1 aromatic rings. The molecule has 1 unspecified atom stereocenters. The van der Waals surface area contributed by atoms with Crippen molar-refractivity contribution >= 4 is 28.9 Å². The van der Waals surface area contributed by atoms with Gasteiger partial charge in [0, 0.05) is 17.6 Å². The summed E-state index contributed by atoms with van der Waals surface area (Å²) >= 11 is 5.92. The van der Waals surface area contributed by atoms with Gasteiger partial charge < -0.3 is 16.2 Å². The molecule has 0 saturated heterocycles. The van der Waals surface area contributed by atoms with Crippen molar-refractivity contribution in [2.45, 2.75) is 38.3 Å². The highest BCUT2D eigenvalue weighted by atomic mass is 35.5. The Morgan fingerprint density at radius 3 is 2.86 bits per heavy atom. The van der Waals surface area contributed by atoms with Gasteiger partial charge in [-0.05, 0) is 38.0 Å². The van der Waals surface area contributed by atoms with E-state index in [-0.39, 0.29) is 18.6 Å². The van der Waals surface area contributed by atoms with Crippen LogP contribution in [0.5, 0.6) is 0 Å². The number of hydrogen-bond acceptors (Lipinski definition) is 4. The minimum atomic E-state index is -0.319. The van der Waals surface area contributed by atoms with Crippen molar-refractivity contribution in [2.75, 3.05) is 24.2 Å². The fraction of sp³-hybridized carbons (Fsp3) is 0.533. The molecule has 0 spiro atoms. The predicted molar refractivity (Wildman–Crippen MR) is 85.4 cm³/mol. The molecular weight excluding hydrogens is 290 g/mol. The van der Waals surface area contributed by atoms with E-state index >= 15 is 0 Å². The molecule has 0 bridgehead atoms. The van der Waals surface area contributed by atoms with Crippen LogP contribution in [0.25, 0.3) is 0 Å². The normalized spacial score (nSPS) is 16.6. The van der Waals surface area contributed by atoms with Gasteiger partial charge in [0.05, 0.1) is 24.0 Å². The van der Waals surface area contributed by atoms with Gasteiger partial charge in [0.15, 0.2) is 0 Å². The summed E-state index contributed by atoms with van der Waals surface area (Å²) < 4.78 is 0. The van der Waals surface area contributed by atoms with Gasteiger partial charge in [-0.2, -0.15) is 0 Å². The van der Waals surface area contributed by atoms with Crippen molar-refractivity contribution in [1.82, 2.24) is 4.90 Å². The van der Waals surface area contributed by atoms with Crippen LogP contribution < -0.4 is 11.1 Å². The zero-order valence-corrected chi connectivity index (χ0v) is 12.9. The van der Waals surface area contributed by atoms with Crippen LogP contribution in [0, 0.1) is 0 Å². The first-order valence-electron chi connectivity index (χ1n) is 7.25. The molecule has 1 aliphatic carbocycles. The van der Waals surface area contributed by atoms with Gasteiger partial charge in [-0.3, -0.25) is 9.69 Å². The number of nitrogens with two attached hydrogens (primary N) is 1. The Hall–Kier alpha value is -1.30. The van der Waals surface area contributed by atoms with Gasteiger partial charge in [0.2, 0.25) is 5.91 Å². The molecule has 1 amide bonds. The van der Waals surface area contributed by atoms with E-state index in [1.165, 1.54) is 6.42 Å². The minimum absolute atomic E-state index is 0.0490. The molecule has 0 aliphatic heterocycles. The standard InChI is InChI=1S/C15H22ClN3O2/c1-10(19(7-8-20)12-3-2-4-12)15(21)18-14-9-11(16)5-6-13(14)17/h5-6,9-10,12,20H,2-4,7-8,17H2,1H3,(H,18,21). The number of carbonyl (C=O) groups excluding carboxylic acids is 1. The number of nitrogen functional groups attached to an aromatic ring is 1. The minimum Gasteiger partial charge on any atom is -0.397 e. The monoisotopic (exact) mass is 311 g/mol. The SMILES string of the molecule is CC(C(=O)Nc1cc(Cl)ccc1N)N(CCO)C1CCC1. The van der Waals surface area contributed by atoms with E-state index in [1.807, 2.05) is 6.92 Å². The third-order valence-electron chi connectivity index (χ3n) is 4.05. The Balaban J connectivity index is 2.05. The van der Waals surface area contributed by atoms with Gasteiger partial charge in [0.1, 0.15) is 0 Å². The number of nitrogens with zero attached hydrogens (tertiary/aromatic N) is 1. The number of halogens is 1. The highest BCUT2D eigenvalue weighted by Crippen LogP contribution is 2.27. The third kappa shape index (κ3) is 3.87. The number of amides is 1. The molecular formula is C15H22ClN3O2. The number of aliphatic hydroxyl groups is 1. The zero-order chi connectivity index (χ0) is 15.4. The molecule has 21 heavy (non-hydrogen) atoms. The molecule has 0 aromatic heterocycles. The number of anilines is 2. The molecule has 4 N–H and O–H groups in total. The lowest BCUT2D eigenvalue weighted by Crippen LogP contribution is -2.51. The van der Waals surface area contributed by atoms with Crippen LogP contribution in [0.3, 0.4) is 0 Å². The summed E-state index contributed by atoms with van der Waals surface area (Å²) in [5.41, 5.74) is 6.85. The fourth-order valence-electron chi connectivity index (χ4n) is 2.55. The first-order chi connectivity index (χ1) is 10.0. The van der Waals surface area contributed by atoms with Gasteiger partial charge in [-0.1, -0.05) is 18.0 Å². The Labute approximate surface area is 130 Å². The molecule has 5 nitrogen and oxygen atoms in total. The van der Waals surface area contributed by atoms with Crippen molar-refractivity contribution in [2.24, 2.45) is 0 Å². The Morgan fingerprint density at radius 1 is 1.57 bits per heavy atom. The Bertz CT molecular complexity index is 506. The second-order valence-electron chi connectivity index (χ2n) is 5.44. The maximum atomic E-state index is 12.4. The second kappa shape index (κ2) is 7.11. The molecule has 116 valence electrons. The van der Waals surface area contributed by atoms with Gasteiger partial charge in [-0.15, -0.1) is 0 Å². The summed E-state index contributed by atoms with van der Waals surface area (Å²) in [4.78, 5) is 14.5. The van der Waals surface area contributed by atoms with Crippen LogP contribution in [-0.4, -0.2) is 41.1 Å². The summed E-state index contributed by atoms with van der Waals surface area (Å²) in [5, 5.41) is 12.5. The lowest BCUT2D eigenvalue weighted by molar-refractivity contribution is -0.122. The van der Waals surface area contributed by atoms with Gasteiger partial charge in [-0.25, -0.2) is 0 Å². The zero-order valence-electron chi connectivity index (χ0n) is 12.2. The molecule has 1 aromatic carbocycles. The van der Waals surface area contributed by atoms with Crippen LogP contribution >= 0.6 is 11.6 Å². The topological polar surface area (TPSA) is 78.6 Å². The molecule has 1 aliphatic rings. The van der Waals surface area contributed by atoms with Crippen molar-refractivity contribution in [3.63, 3.8) is 0 Å². The lowest BCUT2D eigenvalue weighted by atomic mass is 9.90. The van der Waals surface area contributed by atoms with Crippen LogP contribution in [-0.2, 0) is 4.79 Å². The number of aliphatic hydroxyl groups excluding tert-OH is 1. The molecule has 1 saturated carbocycles.